The Hall–Kier alpha value is -2.08. The molecule has 0 aromatic heterocycles. The Kier molecular flexibility index (Phi) is 5.58. The van der Waals surface area contributed by atoms with E-state index in [4.69, 9.17) is 10.5 Å². The summed E-state index contributed by atoms with van der Waals surface area (Å²) >= 11 is 0. The zero-order chi connectivity index (χ0) is 17.8. The molecule has 0 saturated carbocycles. The molecule has 1 aromatic carbocycles. The lowest BCUT2D eigenvalue weighted by Crippen LogP contribution is -2.34. The highest BCUT2D eigenvalue weighted by atomic mass is 16.5. The molecule has 0 bridgehead atoms. The highest BCUT2D eigenvalue weighted by molar-refractivity contribution is 6.04. The Balaban J connectivity index is 1.41. The summed E-state index contributed by atoms with van der Waals surface area (Å²) in [7, 11) is 1.67. The predicted molar refractivity (Wildman–Crippen MR) is 95.4 cm³/mol. The first-order chi connectivity index (χ1) is 12.1. The molecule has 2 aliphatic rings. The monoisotopic (exact) mass is 345 g/mol. The van der Waals surface area contributed by atoms with Gasteiger partial charge in [0.1, 0.15) is 11.8 Å². The van der Waals surface area contributed by atoms with Gasteiger partial charge in [-0.15, -0.1) is 0 Å². The number of unbranched alkanes of at least 4 members (excludes halogenated alkanes) is 1. The Morgan fingerprint density at radius 1 is 1.28 bits per heavy atom. The normalized spacial score (nSPS) is 21.0. The smallest absolute Gasteiger partial charge is 0.327 e. The molecule has 2 heterocycles. The zero-order valence-electron chi connectivity index (χ0n) is 14.8. The summed E-state index contributed by atoms with van der Waals surface area (Å²) in [6.45, 7) is 1.22. The number of hydrogen-bond acceptors (Lipinski definition) is 4. The van der Waals surface area contributed by atoms with Crippen molar-refractivity contribution in [1.82, 2.24) is 9.80 Å². The molecule has 2 N–H and O–H groups in total. The molecule has 1 aromatic rings. The molecule has 6 nitrogen and oxygen atoms in total. The number of benzene rings is 1. The van der Waals surface area contributed by atoms with Crippen molar-refractivity contribution >= 4 is 11.9 Å². The summed E-state index contributed by atoms with van der Waals surface area (Å²) in [5.74, 6) is 0.854. The lowest BCUT2D eigenvalue weighted by Gasteiger charge is -2.17. The van der Waals surface area contributed by atoms with Crippen LogP contribution in [0.15, 0.2) is 24.3 Å². The molecule has 2 aliphatic heterocycles. The van der Waals surface area contributed by atoms with Crippen molar-refractivity contribution < 1.29 is 14.3 Å². The van der Waals surface area contributed by atoms with E-state index in [0.29, 0.717) is 6.54 Å². The van der Waals surface area contributed by atoms with E-state index in [1.807, 2.05) is 24.3 Å². The average Bonchev–Trinajstić information content (AvgIpc) is 3.18. The largest absolute Gasteiger partial charge is 0.496 e. The molecule has 3 rings (SSSR count). The van der Waals surface area contributed by atoms with Crippen LogP contribution in [0.25, 0.3) is 0 Å². The fraction of sp³-hybridized carbons (Fsp3) is 0.579. The number of urea groups is 1. The minimum atomic E-state index is -0.194. The summed E-state index contributed by atoms with van der Waals surface area (Å²) in [6, 6.07) is 7.66. The van der Waals surface area contributed by atoms with Crippen molar-refractivity contribution in [3.8, 4) is 5.75 Å². The molecule has 3 amide bonds. The van der Waals surface area contributed by atoms with E-state index in [-0.39, 0.29) is 24.0 Å². The van der Waals surface area contributed by atoms with Crippen molar-refractivity contribution in [3.05, 3.63) is 29.8 Å². The number of nitrogens with two attached hydrogens (primary N) is 1. The van der Waals surface area contributed by atoms with Gasteiger partial charge in [0.25, 0.3) is 5.91 Å². The van der Waals surface area contributed by atoms with Gasteiger partial charge in [0.15, 0.2) is 0 Å². The third kappa shape index (κ3) is 3.79. The van der Waals surface area contributed by atoms with Gasteiger partial charge < -0.3 is 15.4 Å². The molecule has 25 heavy (non-hydrogen) atoms. The number of para-hydroxylation sites is 1. The molecule has 0 aliphatic carbocycles. The number of nitrogens with zero attached hydrogens (tertiary/aromatic N) is 2. The molecular formula is C19H27N3O3. The summed E-state index contributed by atoms with van der Waals surface area (Å²) < 4.78 is 5.36. The third-order valence-electron chi connectivity index (χ3n) is 5.16. The number of methoxy groups -OCH3 is 1. The molecule has 2 saturated heterocycles. The van der Waals surface area contributed by atoms with Crippen LogP contribution < -0.4 is 10.5 Å². The topological polar surface area (TPSA) is 75.9 Å². The lowest BCUT2D eigenvalue weighted by atomic mass is 10.0. The van der Waals surface area contributed by atoms with Crippen LogP contribution in [0.1, 0.15) is 37.7 Å². The number of fused-ring (bicyclic) bond motifs is 1. The summed E-state index contributed by atoms with van der Waals surface area (Å²) in [5, 5.41) is 0. The van der Waals surface area contributed by atoms with E-state index in [1.54, 1.807) is 12.0 Å². The van der Waals surface area contributed by atoms with Gasteiger partial charge in [0.05, 0.1) is 7.11 Å². The number of ether oxygens (including phenoxy) is 1. The van der Waals surface area contributed by atoms with Crippen LogP contribution in [-0.4, -0.2) is 54.0 Å². The van der Waals surface area contributed by atoms with E-state index in [9.17, 15) is 9.59 Å². The minimum absolute atomic E-state index is 0.0131. The molecule has 136 valence electrons. The maximum Gasteiger partial charge on any atom is 0.327 e. The average molecular weight is 345 g/mol. The Morgan fingerprint density at radius 3 is 2.84 bits per heavy atom. The molecule has 0 radical (unpaired) electrons. The van der Waals surface area contributed by atoms with Gasteiger partial charge in [-0.05, 0) is 43.7 Å². The second-order valence-electron chi connectivity index (χ2n) is 6.90. The number of carbonyl (C=O) groups is 2. The molecular weight excluding hydrogens is 318 g/mol. The standard InChI is InChI=1S/C19H27N3O3/c1-25-17-10-3-2-7-14(17)13-15(20)8-4-5-11-22-18(23)16-9-6-12-21(16)19(22)24/h2-3,7,10,15-16H,4-6,8-9,11-13,20H2,1H3. The minimum Gasteiger partial charge on any atom is -0.496 e. The number of amides is 3. The number of imide groups is 1. The van der Waals surface area contributed by atoms with Crippen molar-refractivity contribution in [1.29, 1.82) is 0 Å². The van der Waals surface area contributed by atoms with Crippen molar-refractivity contribution in [2.75, 3.05) is 20.2 Å². The first-order valence-corrected chi connectivity index (χ1v) is 9.11. The third-order valence-corrected chi connectivity index (χ3v) is 5.16. The maximum absolute atomic E-state index is 12.3. The van der Waals surface area contributed by atoms with Gasteiger partial charge in [0, 0.05) is 19.1 Å². The van der Waals surface area contributed by atoms with E-state index in [0.717, 1.165) is 56.4 Å². The Morgan fingerprint density at radius 2 is 2.08 bits per heavy atom. The van der Waals surface area contributed by atoms with Crippen LogP contribution in [0.3, 0.4) is 0 Å². The van der Waals surface area contributed by atoms with E-state index in [2.05, 4.69) is 0 Å². The molecule has 2 unspecified atom stereocenters. The van der Waals surface area contributed by atoms with Crippen molar-refractivity contribution in [3.63, 3.8) is 0 Å². The fourth-order valence-corrected chi connectivity index (χ4v) is 3.82. The van der Waals surface area contributed by atoms with Crippen LogP contribution in [-0.2, 0) is 11.2 Å². The summed E-state index contributed by atoms with van der Waals surface area (Å²) in [4.78, 5) is 27.6. The van der Waals surface area contributed by atoms with E-state index >= 15 is 0 Å². The van der Waals surface area contributed by atoms with Crippen LogP contribution in [0.5, 0.6) is 5.75 Å². The zero-order valence-corrected chi connectivity index (χ0v) is 14.8. The molecule has 2 atom stereocenters. The number of rotatable bonds is 8. The number of hydrogen-bond donors (Lipinski definition) is 1. The van der Waals surface area contributed by atoms with Crippen LogP contribution >= 0.6 is 0 Å². The second kappa shape index (κ2) is 7.87. The number of carbonyl (C=O) groups excluding carboxylic acids is 2. The molecule has 2 fully saturated rings. The summed E-state index contributed by atoms with van der Waals surface area (Å²) in [6.07, 6.45) is 5.08. The van der Waals surface area contributed by atoms with Crippen LogP contribution in [0.2, 0.25) is 0 Å². The Labute approximate surface area is 148 Å². The molecule has 0 spiro atoms. The fourth-order valence-electron chi connectivity index (χ4n) is 3.82. The van der Waals surface area contributed by atoms with Gasteiger partial charge in [-0.2, -0.15) is 0 Å². The highest BCUT2D eigenvalue weighted by Crippen LogP contribution is 2.27. The Bertz CT molecular complexity index is 612. The van der Waals surface area contributed by atoms with Crippen molar-refractivity contribution in [2.24, 2.45) is 5.73 Å². The van der Waals surface area contributed by atoms with Gasteiger partial charge in [-0.1, -0.05) is 24.6 Å². The quantitative estimate of drug-likeness (QED) is 0.579. The summed E-state index contributed by atoms with van der Waals surface area (Å²) in [5.41, 5.74) is 7.36. The lowest BCUT2D eigenvalue weighted by molar-refractivity contribution is -0.128. The van der Waals surface area contributed by atoms with Crippen molar-refractivity contribution in [2.45, 2.75) is 50.6 Å². The first-order valence-electron chi connectivity index (χ1n) is 9.11. The van der Waals surface area contributed by atoms with Crippen LogP contribution in [0.4, 0.5) is 4.79 Å². The van der Waals surface area contributed by atoms with Gasteiger partial charge in [-0.3, -0.25) is 9.69 Å². The van der Waals surface area contributed by atoms with Gasteiger partial charge in [-0.25, -0.2) is 4.79 Å². The highest BCUT2D eigenvalue weighted by Gasteiger charge is 2.46. The van der Waals surface area contributed by atoms with E-state index in [1.165, 1.54) is 4.90 Å². The second-order valence-corrected chi connectivity index (χ2v) is 6.90. The van der Waals surface area contributed by atoms with Crippen LogP contribution in [0, 0.1) is 0 Å². The SMILES string of the molecule is COc1ccccc1CC(N)CCCCN1C(=O)C2CCCN2C1=O. The van der Waals surface area contributed by atoms with Gasteiger partial charge >= 0.3 is 6.03 Å². The molecule has 6 heteroatoms. The first kappa shape index (κ1) is 17.7. The van der Waals surface area contributed by atoms with Gasteiger partial charge in [0.2, 0.25) is 0 Å². The maximum atomic E-state index is 12.3. The van der Waals surface area contributed by atoms with E-state index < -0.39 is 0 Å². The predicted octanol–water partition coefficient (Wildman–Crippen LogP) is 2.16.